The molecule has 2 N–H and O–H groups in total. The number of likely N-dealkylation sites (tertiary alicyclic amines) is 1. The smallest absolute Gasteiger partial charge is 0.246 e. The molecule has 1 aromatic carbocycles. The van der Waals surface area contributed by atoms with Crippen molar-refractivity contribution in [2.24, 2.45) is 23.7 Å². The molecule has 0 unspecified atom stereocenters. The van der Waals surface area contributed by atoms with Gasteiger partial charge in [-0.05, 0) is 56.0 Å². The number of rotatable bonds is 9. The number of benzene rings is 1. The zero-order valence-corrected chi connectivity index (χ0v) is 26.4. The van der Waals surface area contributed by atoms with Crippen LogP contribution in [0.4, 0.5) is 5.69 Å². The van der Waals surface area contributed by atoms with E-state index in [4.69, 9.17) is 16.3 Å². The van der Waals surface area contributed by atoms with E-state index in [9.17, 15) is 14.4 Å². The molecule has 1 aromatic rings. The van der Waals surface area contributed by atoms with Gasteiger partial charge in [-0.3, -0.25) is 14.4 Å². The van der Waals surface area contributed by atoms with Gasteiger partial charge in [0.1, 0.15) is 11.6 Å². The summed E-state index contributed by atoms with van der Waals surface area (Å²) < 4.78 is 6.53. The first kappa shape index (κ1) is 30.6. The summed E-state index contributed by atoms with van der Waals surface area (Å²) in [5.74, 6) is -1.23. The summed E-state index contributed by atoms with van der Waals surface area (Å²) in [6, 6.07) is 6.23. The lowest BCUT2D eigenvalue weighted by Gasteiger charge is -2.38. The van der Waals surface area contributed by atoms with Gasteiger partial charge in [-0.25, -0.2) is 0 Å². The highest BCUT2D eigenvalue weighted by Crippen LogP contribution is 2.55. The Morgan fingerprint density at radius 3 is 2.58 bits per heavy atom. The van der Waals surface area contributed by atoms with Crippen molar-refractivity contribution in [2.45, 2.75) is 70.2 Å². The third-order valence-corrected chi connectivity index (χ3v) is 11.1. The molecular formula is C33H46ClN5O4. The Morgan fingerprint density at radius 2 is 1.84 bits per heavy atom. The predicted molar refractivity (Wildman–Crippen MR) is 167 cm³/mol. The summed E-state index contributed by atoms with van der Waals surface area (Å²) >= 11 is 6.16. The predicted octanol–water partition coefficient (Wildman–Crippen LogP) is 3.40. The number of hydrogen-bond donors (Lipinski definition) is 2. The minimum Gasteiger partial charge on any atom is -0.359 e. The van der Waals surface area contributed by atoms with Crippen LogP contribution in [-0.2, 0) is 19.1 Å². The Kier molecular flexibility index (Phi) is 8.89. The van der Waals surface area contributed by atoms with Gasteiger partial charge >= 0.3 is 0 Å². The van der Waals surface area contributed by atoms with E-state index < -0.39 is 29.6 Å². The highest BCUT2D eigenvalue weighted by molar-refractivity contribution is 6.30. The first-order valence-electron chi connectivity index (χ1n) is 16.2. The van der Waals surface area contributed by atoms with Gasteiger partial charge in [0.15, 0.2) is 0 Å². The maximum absolute atomic E-state index is 14.3. The number of nitrogens with one attached hydrogen (secondary N) is 2. The van der Waals surface area contributed by atoms with E-state index in [1.165, 1.54) is 0 Å². The van der Waals surface area contributed by atoms with Crippen LogP contribution in [0.5, 0.6) is 0 Å². The maximum Gasteiger partial charge on any atom is 0.246 e. The second-order valence-corrected chi connectivity index (χ2v) is 13.7. The first-order valence-corrected chi connectivity index (χ1v) is 16.6. The van der Waals surface area contributed by atoms with Crippen LogP contribution in [0.15, 0.2) is 36.4 Å². The Morgan fingerprint density at radius 1 is 1.07 bits per heavy atom. The van der Waals surface area contributed by atoms with Gasteiger partial charge in [0.05, 0.1) is 17.9 Å². The third-order valence-electron chi connectivity index (χ3n) is 10.8. The van der Waals surface area contributed by atoms with E-state index in [1.54, 1.807) is 29.2 Å². The molecule has 5 aliphatic rings. The van der Waals surface area contributed by atoms with Crippen LogP contribution in [-0.4, -0.2) is 102 Å². The van der Waals surface area contributed by atoms with Crippen LogP contribution < -0.4 is 10.6 Å². The van der Waals surface area contributed by atoms with E-state index in [2.05, 4.69) is 41.2 Å². The lowest BCUT2D eigenvalue weighted by Crippen LogP contribution is -2.58. The summed E-state index contributed by atoms with van der Waals surface area (Å²) in [7, 11) is 0. The molecule has 1 saturated carbocycles. The Hall–Kier alpha value is -2.46. The van der Waals surface area contributed by atoms with Crippen LogP contribution >= 0.6 is 11.6 Å². The molecule has 0 aromatic heterocycles. The number of carbonyl (C=O) groups is 3. The van der Waals surface area contributed by atoms with Gasteiger partial charge in [-0.1, -0.05) is 63.4 Å². The fourth-order valence-corrected chi connectivity index (χ4v) is 8.33. The molecule has 10 heteroatoms. The van der Waals surface area contributed by atoms with Crippen molar-refractivity contribution in [3.05, 3.63) is 41.4 Å². The molecule has 43 heavy (non-hydrogen) atoms. The van der Waals surface area contributed by atoms with Crippen molar-refractivity contribution in [1.82, 2.24) is 20.0 Å². The molecular weight excluding hydrogens is 566 g/mol. The van der Waals surface area contributed by atoms with Crippen LogP contribution in [0.25, 0.3) is 0 Å². The Labute approximate surface area is 260 Å². The van der Waals surface area contributed by atoms with Gasteiger partial charge in [0.2, 0.25) is 17.7 Å². The average Bonchev–Trinajstić information content (AvgIpc) is 3.63. The first-order chi connectivity index (χ1) is 20.7. The molecule has 1 spiro atoms. The highest BCUT2D eigenvalue weighted by Gasteiger charge is 2.72. The number of piperazine rings is 1. The lowest BCUT2D eigenvalue weighted by molar-refractivity contribution is -0.141. The van der Waals surface area contributed by atoms with E-state index in [-0.39, 0.29) is 23.8 Å². The van der Waals surface area contributed by atoms with Crippen molar-refractivity contribution in [3.63, 3.8) is 0 Å². The molecule has 4 fully saturated rings. The molecule has 9 nitrogen and oxygen atoms in total. The normalized spacial score (nSPS) is 35.8. The zero-order chi connectivity index (χ0) is 30.3. The minimum atomic E-state index is -1.15. The molecule has 2 bridgehead atoms. The molecule has 3 saturated heterocycles. The summed E-state index contributed by atoms with van der Waals surface area (Å²) in [4.78, 5) is 48.8. The van der Waals surface area contributed by atoms with E-state index in [0.717, 1.165) is 65.0 Å². The largest absolute Gasteiger partial charge is 0.359 e. The number of likely N-dealkylation sites (N-methyl/N-ethyl adjacent to an activating group) is 1. The van der Waals surface area contributed by atoms with Gasteiger partial charge < -0.3 is 30.1 Å². The summed E-state index contributed by atoms with van der Waals surface area (Å²) in [6.07, 6.45) is 7.13. The standard InChI is InChI=1S/C33H46ClN5O4/c1-4-37-16-18-38(19-17-37)14-7-15-39-29(31(41)36-25-11-5-8-21(2)22(25)3)33-13-12-26(43-33)27(28(33)32(39)42)30(40)35-24-10-6-9-23(34)20-24/h6,9-10,12-13,20-22,25-29H,4-5,7-8,11,14-19H2,1-3H3,(H,35,40)(H,36,41)/t21-,22-,25+,26+,27+,28+,29-,33-/m0/s1. The van der Waals surface area contributed by atoms with Gasteiger partial charge in [-0.15, -0.1) is 0 Å². The highest BCUT2D eigenvalue weighted by atomic mass is 35.5. The summed E-state index contributed by atoms with van der Waals surface area (Å²) in [5, 5.41) is 6.81. The second kappa shape index (κ2) is 12.5. The quantitative estimate of drug-likeness (QED) is 0.416. The molecule has 6 rings (SSSR count). The number of anilines is 1. The van der Waals surface area contributed by atoms with Crippen molar-refractivity contribution >= 4 is 35.0 Å². The summed E-state index contributed by atoms with van der Waals surface area (Å²) in [5.41, 5.74) is -0.586. The number of carbonyl (C=O) groups excluding carboxylic acids is 3. The van der Waals surface area contributed by atoms with Crippen LogP contribution in [0.3, 0.4) is 0 Å². The van der Waals surface area contributed by atoms with E-state index >= 15 is 0 Å². The molecule has 0 radical (unpaired) electrons. The third kappa shape index (κ3) is 5.74. The number of fused-ring (bicyclic) bond motifs is 1. The van der Waals surface area contributed by atoms with Crippen LogP contribution in [0.1, 0.15) is 46.5 Å². The average molecular weight is 612 g/mol. The van der Waals surface area contributed by atoms with Crippen LogP contribution in [0, 0.1) is 23.7 Å². The number of hydrogen-bond acceptors (Lipinski definition) is 6. The van der Waals surface area contributed by atoms with Gasteiger partial charge in [0, 0.05) is 49.5 Å². The Balaban J connectivity index is 1.22. The molecule has 1 aliphatic carbocycles. The molecule has 234 valence electrons. The zero-order valence-electron chi connectivity index (χ0n) is 25.6. The van der Waals surface area contributed by atoms with E-state index in [0.29, 0.717) is 29.1 Å². The summed E-state index contributed by atoms with van der Waals surface area (Å²) in [6.45, 7) is 13.1. The lowest BCUT2D eigenvalue weighted by atomic mass is 9.73. The maximum atomic E-state index is 14.3. The molecule has 4 aliphatic heterocycles. The van der Waals surface area contributed by atoms with Crippen molar-refractivity contribution in [3.8, 4) is 0 Å². The topological polar surface area (TPSA) is 94.2 Å². The monoisotopic (exact) mass is 611 g/mol. The van der Waals surface area contributed by atoms with Crippen molar-refractivity contribution < 1.29 is 19.1 Å². The number of ether oxygens (including phenoxy) is 1. The molecule has 4 heterocycles. The van der Waals surface area contributed by atoms with Crippen LogP contribution in [0.2, 0.25) is 5.02 Å². The van der Waals surface area contributed by atoms with Crippen molar-refractivity contribution in [1.29, 1.82) is 0 Å². The van der Waals surface area contributed by atoms with Gasteiger partial charge in [-0.2, -0.15) is 0 Å². The fourth-order valence-electron chi connectivity index (χ4n) is 8.14. The number of halogens is 1. The fraction of sp³-hybridized carbons (Fsp3) is 0.667. The van der Waals surface area contributed by atoms with Crippen molar-refractivity contribution in [2.75, 3.05) is 51.1 Å². The molecule has 3 amide bonds. The second-order valence-electron chi connectivity index (χ2n) is 13.2. The molecule has 8 atom stereocenters. The van der Waals surface area contributed by atoms with Gasteiger partial charge in [0.25, 0.3) is 0 Å². The number of nitrogens with zero attached hydrogens (tertiary/aromatic N) is 3. The van der Waals surface area contributed by atoms with E-state index in [1.807, 2.05) is 12.2 Å². The SMILES string of the molecule is CCN1CCN(CCCN2C(=O)[C@H]3[C@H](C(=O)Nc4cccc(Cl)c4)[C@H]4C=C[C@@]3(O4)[C@@H]2C(=O)N[C@@H]2CCC[C@H](C)[C@@H]2C)CC1. The Bertz CT molecular complexity index is 1250. The minimum absolute atomic E-state index is 0.0584. The number of amides is 3.